The highest BCUT2D eigenvalue weighted by molar-refractivity contribution is 5.78. The highest BCUT2D eigenvalue weighted by Gasteiger charge is 2.32. The molecule has 7 heteroatoms. The summed E-state index contributed by atoms with van der Waals surface area (Å²) in [5, 5.41) is 15.7. The van der Waals surface area contributed by atoms with Gasteiger partial charge in [0.15, 0.2) is 0 Å². The van der Waals surface area contributed by atoms with E-state index in [1.165, 1.54) is 0 Å². The summed E-state index contributed by atoms with van der Waals surface area (Å²) in [5.74, 6) is 0.896. The summed E-state index contributed by atoms with van der Waals surface area (Å²) >= 11 is 0. The molecule has 21 heavy (non-hydrogen) atoms. The van der Waals surface area contributed by atoms with Crippen molar-refractivity contribution in [2.75, 3.05) is 18.0 Å². The van der Waals surface area contributed by atoms with E-state index in [-0.39, 0.29) is 22.3 Å². The van der Waals surface area contributed by atoms with Gasteiger partial charge in [0.1, 0.15) is 11.5 Å². The van der Waals surface area contributed by atoms with Crippen molar-refractivity contribution in [3.63, 3.8) is 0 Å². The Labute approximate surface area is 124 Å². The van der Waals surface area contributed by atoms with Crippen LogP contribution in [0.25, 0.3) is 0 Å². The van der Waals surface area contributed by atoms with Crippen molar-refractivity contribution in [2.45, 2.75) is 46.6 Å². The van der Waals surface area contributed by atoms with Crippen LogP contribution >= 0.6 is 0 Å². The van der Waals surface area contributed by atoms with Gasteiger partial charge in [-0.2, -0.15) is 5.10 Å². The molecule has 0 radical (unpaired) electrons. The molecule has 1 aliphatic rings. The number of hydrogen-bond acceptors (Lipinski definition) is 5. The topological polar surface area (TPSA) is 81.3 Å². The van der Waals surface area contributed by atoms with Gasteiger partial charge in [0.25, 0.3) is 0 Å². The Morgan fingerprint density at radius 1 is 1.43 bits per heavy atom. The Bertz CT molecular complexity index is 545. The molecule has 0 atom stereocenters. The molecule has 0 amide bonds. The fourth-order valence-electron chi connectivity index (χ4n) is 2.95. The lowest BCUT2D eigenvalue weighted by atomic mass is 9.93. The van der Waals surface area contributed by atoms with E-state index in [9.17, 15) is 14.9 Å². The van der Waals surface area contributed by atoms with Crippen LogP contribution in [-0.4, -0.2) is 33.6 Å². The van der Waals surface area contributed by atoms with Gasteiger partial charge in [-0.3, -0.25) is 14.9 Å². The number of carbonyl (C=O) groups excluding carboxylic acids is 1. The van der Waals surface area contributed by atoms with Crippen LogP contribution in [0.1, 0.15) is 38.8 Å². The van der Waals surface area contributed by atoms with E-state index < -0.39 is 0 Å². The number of anilines is 1. The van der Waals surface area contributed by atoms with Gasteiger partial charge in [0.2, 0.25) is 5.82 Å². The summed E-state index contributed by atoms with van der Waals surface area (Å²) in [6.07, 6.45) is 2.38. The van der Waals surface area contributed by atoms with Gasteiger partial charge in [-0.25, -0.2) is 4.68 Å². The van der Waals surface area contributed by atoms with Crippen molar-refractivity contribution in [2.24, 2.45) is 5.92 Å². The summed E-state index contributed by atoms with van der Waals surface area (Å²) < 4.78 is 1.74. The van der Waals surface area contributed by atoms with Gasteiger partial charge < -0.3 is 4.90 Å². The Morgan fingerprint density at radius 3 is 2.52 bits per heavy atom. The van der Waals surface area contributed by atoms with Crippen molar-refractivity contribution < 1.29 is 9.72 Å². The highest BCUT2D eigenvalue weighted by atomic mass is 16.6. The minimum atomic E-state index is -0.346. The molecule has 1 fully saturated rings. The maximum absolute atomic E-state index is 11.4. The monoisotopic (exact) mass is 294 g/mol. The molecule has 0 N–H and O–H groups in total. The van der Waals surface area contributed by atoms with Crippen LogP contribution in [-0.2, 0) is 11.3 Å². The van der Waals surface area contributed by atoms with E-state index in [1.54, 1.807) is 18.5 Å². The summed E-state index contributed by atoms with van der Waals surface area (Å²) in [6.45, 7) is 7.31. The molecule has 1 saturated heterocycles. The average Bonchev–Trinajstić information content (AvgIpc) is 2.76. The fraction of sp³-hybridized carbons (Fsp3) is 0.714. The lowest BCUT2D eigenvalue weighted by molar-refractivity contribution is -0.384. The molecule has 0 spiro atoms. The van der Waals surface area contributed by atoms with Crippen LogP contribution in [0.2, 0.25) is 0 Å². The van der Waals surface area contributed by atoms with E-state index in [0.717, 1.165) is 19.3 Å². The van der Waals surface area contributed by atoms with Gasteiger partial charge >= 0.3 is 5.69 Å². The predicted molar refractivity (Wildman–Crippen MR) is 79.5 cm³/mol. The van der Waals surface area contributed by atoms with Crippen LogP contribution in [0.15, 0.2) is 0 Å². The maximum atomic E-state index is 11.4. The van der Waals surface area contributed by atoms with Crippen LogP contribution in [0.4, 0.5) is 11.5 Å². The first-order valence-corrected chi connectivity index (χ1v) is 7.42. The molecule has 2 rings (SSSR count). The van der Waals surface area contributed by atoms with Gasteiger partial charge in [-0.05, 0) is 33.1 Å². The number of aryl methyl sites for hydroxylation is 2. The number of aromatic nitrogens is 2. The van der Waals surface area contributed by atoms with Gasteiger partial charge in [0.05, 0.1) is 4.92 Å². The number of nitro groups is 1. The lowest BCUT2D eigenvalue weighted by Crippen LogP contribution is -2.37. The predicted octanol–water partition coefficient (Wildman–Crippen LogP) is 2.32. The first-order chi connectivity index (χ1) is 9.95. The molecule has 1 aromatic rings. The van der Waals surface area contributed by atoms with Crippen molar-refractivity contribution in [3.8, 4) is 0 Å². The van der Waals surface area contributed by atoms with Crippen molar-refractivity contribution in [1.29, 1.82) is 0 Å². The molecule has 1 aliphatic heterocycles. The van der Waals surface area contributed by atoms with Crippen molar-refractivity contribution >= 4 is 17.3 Å². The molecular weight excluding hydrogens is 272 g/mol. The van der Waals surface area contributed by atoms with Crippen molar-refractivity contribution in [3.05, 3.63) is 15.8 Å². The lowest BCUT2D eigenvalue weighted by Gasteiger charge is -2.32. The summed E-state index contributed by atoms with van der Waals surface area (Å²) in [7, 11) is 0. The molecule has 0 unspecified atom stereocenters. The highest BCUT2D eigenvalue weighted by Crippen LogP contribution is 2.34. The number of ketones is 1. The van der Waals surface area contributed by atoms with Crippen LogP contribution < -0.4 is 4.90 Å². The standard InChI is InChI=1S/C14H22N4O3/c1-4-7-17-14(13(18(20)21)10(2)15-17)16-8-5-12(6-9-16)11(3)19/h12H,4-9H2,1-3H3. The number of nitrogens with zero attached hydrogens (tertiary/aromatic N) is 4. The first-order valence-electron chi connectivity index (χ1n) is 7.42. The largest absolute Gasteiger partial charge is 0.351 e. The zero-order valence-electron chi connectivity index (χ0n) is 12.8. The third-order valence-corrected chi connectivity index (χ3v) is 4.06. The zero-order valence-corrected chi connectivity index (χ0v) is 12.8. The molecule has 0 aromatic carbocycles. The number of Topliss-reactive ketones (excluding diaryl/α,β-unsaturated/α-hetero) is 1. The number of piperidine rings is 1. The Kier molecular flexibility index (Phi) is 4.59. The van der Waals surface area contributed by atoms with E-state index in [2.05, 4.69) is 5.10 Å². The number of carbonyl (C=O) groups is 1. The van der Waals surface area contributed by atoms with E-state index in [0.29, 0.717) is 31.1 Å². The second-order valence-corrected chi connectivity index (χ2v) is 5.61. The third-order valence-electron chi connectivity index (χ3n) is 4.06. The van der Waals surface area contributed by atoms with Crippen LogP contribution in [0.3, 0.4) is 0 Å². The van der Waals surface area contributed by atoms with E-state index >= 15 is 0 Å². The van der Waals surface area contributed by atoms with Crippen molar-refractivity contribution in [1.82, 2.24) is 9.78 Å². The Balaban J connectivity index is 2.30. The Morgan fingerprint density at radius 2 is 2.05 bits per heavy atom. The summed E-state index contributed by atoms with van der Waals surface area (Å²) in [5.41, 5.74) is 0.557. The van der Waals surface area contributed by atoms with Gasteiger partial charge in [-0.1, -0.05) is 6.92 Å². The quantitative estimate of drug-likeness (QED) is 0.615. The normalized spacial score (nSPS) is 16.2. The molecule has 0 saturated carbocycles. The molecule has 0 bridgehead atoms. The minimum Gasteiger partial charge on any atom is -0.351 e. The number of rotatable bonds is 5. The van der Waals surface area contributed by atoms with Gasteiger partial charge in [-0.15, -0.1) is 0 Å². The molecule has 1 aromatic heterocycles. The second-order valence-electron chi connectivity index (χ2n) is 5.61. The first kappa shape index (κ1) is 15.5. The maximum Gasteiger partial charge on any atom is 0.333 e. The minimum absolute atomic E-state index is 0.0870. The van der Waals surface area contributed by atoms with E-state index in [4.69, 9.17) is 0 Å². The third kappa shape index (κ3) is 3.06. The Hall–Kier alpha value is -1.92. The van der Waals surface area contributed by atoms with Crippen LogP contribution in [0.5, 0.6) is 0 Å². The van der Waals surface area contributed by atoms with Gasteiger partial charge in [0, 0.05) is 25.6 Å². The molecule has 7 nitrogen and oxygen atoms in total. The molecule has 2 heterocycles. The SMILES string of the molecule is CCCn1nc(C)c([N+](=O)[O-])c1N1CCC(C(C)=O)CC1. The van der Waals surface area contributed by atoms with Crippen LogP contribution in [0, 0.1) is 23.0 Å². The summed E-state index contributed by atoms with van der Waals surface area (Å²) in [6, 6.07) is 0. The summed E-state index contributed by atoms with van der Waals surface area (Å²) in [4.78, 5) is 24.5. The average molecular weight is 294 g/mol. The molecule has 116 valence electrons. The second kappa shape index (κ2) is 6.24. The smallest absolute Gasteiger partial charge is 0.333 e. The van der Waals surface area contributed by atoms with E-state index in [1.807, 2.05) is 11.8 Å². The zero-order chi connectivity index (χ0) is 15.6. The molecule has 0 aliphatic carbocycles. The number of hydrogen-bond donors (Lipinski definition) is 0. The molecular formula is C14H22N4O3. The fourth-order valence-corrected chi connectivity index (χ4v) is 2.95.